The molecule has 2 N–H and O–H groups in total. The molecule has 1 heterocycles. The van der Waals surface area contributed by atoms with Gasteiger partial charge in [-0.2, -0.15) is 0 Å². The first-order chi connectivity index (χ1) is 10.0. The second kappa shape index (κ2) is 8.92. The number of aromatic nitrogens is 1. The number of methoxy groups -OCH3 is 2. The third-order valence-electron chi connectivity index (χ3n) is 3.21. The van der Waals surface area contributed by atoms with E-state index in [2.05, 4.69) is 9.88 Å². The maximum Gasteiger partial charge on any atom is 0.139 e. The summed E-state index contributed by atoms with van der Waals surface area (Å²) >= 11 is 5.20. The van der Waals surface area contributed by atoms with Crippen LogP contribution in [0, 0.1) is 13.8 Å². The van der Waals surface area contributed by atoms with Crippen molar-refractivity contribution in [2.24, 2.45) is 5.73 Å². The van der Waals surface area contributed by atoms with Crippen LogP contribution in [0.25, 0.3) is 0 Å². The molecule has 0 saturated heterocycles. The third kappa shape index (κ3) is 5.22. The molecule has 0 atom stereocenters. The summed E-state index contributed by atoms with van der Waals surface area (Å²) in [6, 6.07) is 2.00. The normalized spacial score (nSPS) is 10.7. The van der Waals surface area contributed by atoms with E-state index in [1.807, 2.05) is 19.9 Å². The first-order valence-electron chi connectivity index (χ1n) is 7.02. The molecule has 0 fully saturated rings. The van der Waals surface area contributed by atoms with Crippen LogP contribution >= 0.6 is 12.2 Å². The molecule has 0 radical (unpaired) electrons. The minimum absolute atomic E-state index is 0.379. The molecule has 0 aliphatic heterocycles. The number of nitrogens with two attached hydrogens (primary N) is 1. The van der Waals surface area contributed by atoms with Crippen molar-refractivity contribution < 1.29 is 9.47 Å². The van der Waals surface area contributed by atoms with E-state index in [0.29, 0.717) is 18.2 Å². The Hall–Kier alpha value is -1.24. The molecule has 118 valence electrons. The monoisotopic (exact) mass is 311 g/mol. The predicted octanol–water partition coefficient (Wildman–Crippen LogP) is 1.82. The second-order valence-electron chi connectivity index (χ2n) is 4.97. The maximum absolute atomic E-state index is 5.90. The van der Waals surface area contributed by atoms with Gasteiger partial charge in [-0.05, 0) is 31.9 Å². The van der Waals surface area contributed by atoms with Crippen LogP contribution in [0.3, 0.4) is 0 Å². The Labute approximate surface area is 132 Å². The van der Waals surface area contributed by atoms with Crippen LogP contribution in [0.15, 0.2) is 6.07 Å². The van der Waals surface area contributed by atoms with E-state index < -0.39 is 0 Å². The number of ether oxygens (including phenoxy) is 2. The van der Waals surface area contributed by atoms with Gasteiger partial charge in [0.05, 0.1) is 12.2 Å². The van der Waals surface area contributed by atoms with Gasteiger partial charge in [0.25, 0.3) is 0 Å². The van der Waals surface area contributed by atoms with Crippen molar-refractivity contribution in [1.82, 2.24) is 4.98 Å². The van der Waals surface area contributed by atoms with E-state index in [-0.39, 0.29) is 0 Å². The maximum atomic E-state index is 5.90. The van der Waals surface area contributed by atoms with Crippen LogP contribution in [0.1, 0.15) is 23.2 Å². The van der Waals surface area contributed by atoms with Gasteiger partial charge in [-0.25, -0.2) is 4.98 Å². The van der Waals surface area contributed by atoms with Crippen molar-refractivity contribution in [2.45, 2.75) is 20.3 Å². The zero-order valence-corrected chi connectivity index (χ0v) is 14.1. The van der Waals surface area contributed by atoms with Gasteiger partial charge in [0.15, 0.2) is 0 Å². The molecule has 1 aromatic rings. The molecule has 0 bridgehead atoms. The van der Waals surface area contributed by atoms with Gasteiger partial charge in [0.2, 0.25) is 0 Å². The molecule has 0 aliphatic rings. The highest BCUT2D eigenvalue weighted by atomic mass is 32.1. The fourth-order valence-electron chi connectivity index (χ4n) is 2.28. The van der Waals surface area contributed by atoms with Gasteiger partial charge in [-0.3, -0.25) is 0 Å². The first kappa shape index (κ1) is 17.8. The molecular formula is C15H25N3O2S. The van der Waals surface area contributed by atoms with Gasteiger partial charge in [-0.15, -0.1) is 0 Å². The number of thiocarbonyl (C=S) groups is 1. The summed E-state index contributed by atoms with van der Waals surface area (Å²) in [5.41, 5.74) is 8.76. The van der Waals surface area contributed by atoms with Crippen molar-refractivity contribution in [3.8, 4) is 0 Å². The molecule has 0 saturated carbocycles. The first-order valence-corrected chi connectivity index (χ1v) is 7.43. The highest BCUT2D eigenvalue weighted by Gasteiger charge is 2.17. The van der Waals surface area contributed by atoms with Crippen molar-refractivity contribution in [2.75, 3.05) is 45.4 Å². The Morgan fingerprint density at radius 2 is 1.90 bits per heavy atom. The highest BCUT2D eigenvalue weighted by molar-refractivity contribution is 7.80. The molecule has 1 rings (SSSR count). The number of hydrogen-bond acceptors (Lipinski definition) is 5. The van der Waals surface area contributed by atoms with E-state index >= 15 is 0 Å². The Balaban J connectivity index is 3.11. The Kier molecular flexibility index (Phi) is 7.56. The smallest absolute Gasteiger partial charge is 0.139 e. The summed E-state index contributed by atoms with van der Waals surface area (Å²) in [6.45, 7) is 6.88. The van der Waals surface area contributed by atoms with Gasteiger partial charge >= 0.3 is 0 Å². The van der Waals surface area contributed by atoms with E-state index in [0.717, 1.165) is 42.1 Å². The minimum atomic E-state index is 0.379. The van der Waals surface area contributed by atoms with Gasteiger partial charge in [-0.1, -0.05) is 12.2 Å². The second-order valence-corrected chi connectivity index (χ2v) is 5.41. The summed E-state index contributed by atoms with van der Waals surface area (Å²) in [5.74, 6) is 0.841. The molecule has 5 nitrogen and oxygen atoms in total. The van der Waals surface area contributed by atoms with E-state index in [9.17, 15) is 0 Å². The number of pyridine rings is 1. The standard InChI is InChI=1S/C15H25N3O2S/c1-11-10-12(2)17-15(13(11)14(16)21)18(7-9-20-4)6-5-8-19-3/h10H,5-9H2,1-4H3,(H2,16,21). The summed E-state index contributed by atoms with van der Waals surface area (Å²) in [6.07, 6.45) is 0.908. The van der Waals surface area contributed by atoms with Gasteiger partial charge < -0.3 is 20.1 Å². The molecule has 6 heteroatoms. The zero-order chi connectivity index (χ0) is 15.8. The number of hydrogen-bond donors (Lipinski definition) is 1. The largest absolute Gasteiger partial charge is 0.389 e. The number of aryl methyl sites for hydroxylation is 2. The summed E-state index contributed by atoms with van der Waals surface area (Å²) in [7, 11) is 3.39. The molecular weight excluding hydrogens is 286 g/mol. The lowest BCUT2D eigenvalue weighted by Crippen LogP contribution is -2.32. The minimum Gasteiger partial charge on any atom is -0.389 e. The fourth-order valence-corrected chi connectivity index (χ4v) is 2.53. The topological polar surface area (TPSA) is 60.6 Å². The van der Waals surface area contributed by atoms with E-state index in [1.165, 1.54) is 0 Å². The third-order valence-corrected chi connectivity index (χ3v) is 3.42. The van der Waals surface area contributed by atoms with Crippen LogP contribution in [0.4, 0.5) is 5.82 Å². The molecule has 0 amide bonds. The fraction of sp³-hybridized carbons (Fsp3) is 0.600. The van der Waals surface area contributed by atoms with Crippen molar-refractivity contribution in [3.63, 3.8) is 0 Å². The molecule has 0 unspecified atom stereocenters. The number of rotatable bonds is 9. The average molecular weight is 311 g/mol. The predicted molar refractivity (Wildman–Crippen MR) is 90.2 cm³/mol. The van der Waals surface area contributed by atoms with Gasteiger partial charge in [0.1, 0.15) is 10.8 Å². The zero-order valence-electron chi connectivity index (χ0n) is 13.3. The molecule has 0 spiro atoms. The quantitative estimate of drug-likeness (QED) is 0.554. The Bertz CT molecular complexity index is 480. The SMILES string of the molecule is COCCCN(CCOC)c1nc(C)cc(C)c1C(N)=S. The number of anilines is 1. The van der Waals surface area contributed by atoms with E-state index in [4.69, 9.17) is 27.4 Å². The Morgan fingerprint density at radius 3 is 2.48 bits per heavy atom. The summed E-state index contributed by atoms with van der Waals surface area (Å²) in [5, 5.41) is 0. The molecule has 21 heavy (non-hydrogen) atoms. The lowest BCUT2D eigenvalue weighted by molar-refractivity contribution is 0.191. The van der Waals surface area contributed by atoms with Crippen LogP contribution in [0.5, 0.6) is 0 Å². The number of nitrogens with zero attached hydrogens (tertiary/aromatic N) is 2. The average Bonchev–Trinajstić information content (AvgIpc) is 2.41. The highest BCUT2D eigenvalue weighted by Crippen LogP contribution is 2.23. The lowest BCUT2D eigenvalue weighted by atomic mass is 10.1. The lowest BCUT2D eigenvalue weighted by Gasteiger charge is -2.26. The van der Waals surface area contributed by atoms with Crippen molar-refractivity contribution >= 4 is 23.0 Å². The van der Waals surface area contributed by atoms with Crippen molar-refractivity contribution in [1.29, 1.82) is 0 Å². The van der Waals surface area contributed by atoms with Crippen LogP contribution in [-0.2, 0) is 9.47 Å². The van der Waals surface area contributed by atoms with Crippen LogP contribution in [-0.4, -0.2) is 50.5 Å². The van der Waals surface area contributed by atoms with Gasteiger partial charge in [0, 0.05) is 39.6 Å². The van der Waals surface area contributed by atoms with Crippen LogP contribution in [0.2, 0.25) is 0 Å². The van der Waals surface area contributed by atoms with Crippen molar-refractivity contribution in [3.05, 3.63) is 22.9 Å². The Morgan fingerprint density at radius 1 is 1.24 bits per heavy atom. The summed E-state index contributed by atoms with van der Waals surface area (Å²) in [4.78, 5) is 7.19. The molecule has 1 aromatic heterocycles. The molecule has 0 aliphatic carbocycles. The van der Waals surface area contributed by atoms with Crippen LogP contribution < -0.4 is 10.6 Å². The molecule has 0 aromatic carbocycles. The summed E-state index contributed by atoms with van der Waals surface area (Å²) < 4.78 is 10.3. The van der Waals surface area contributed by atoms with E-state index in [1.54, 1.807) is 14.2 Å².